The van der Waals surface area contributed by atoms with E-state index in [1.807, 2.05) is 0 Å². The van der Waals surface area contributed by atoms with Crippen molar-refractivity contribution in [1.82, 2.24) is 0 Å². The standard InChI is InChI=1S/C36H74S.C3H6O2/c1-3-5-7-9-11-13-15-17-19-21-23-25-27-29-31-33-35-37-36-34-32-30-28-26-24-22-20-18-16-14-12-10-8-6-4-2;1-2-3(4)5/h3-36H2,1-2H3;2H2,1H3,(H,4,5). The minimum atomic E-state index is -0.745. The first-order valence-electron chi connectivity index (χ1n) is 19.5. The highest BCUT2D eigenvalue weighted by atomic mass is 32.2. The van der Waals surface area contributed by atoms with Crippen LogP contribution < -0.4 is 0 Å². The van der Waals surface area contributed by atoms with E-state index in [1.54, 1.807) is 6.92 Å². The number of thioether (sulfide) groups is 1. The smallest absolute Gasteiger partial charge is 0.303 e. The lowest BCUT2D eigenvalue weighted by atomic mass is 10.0. The second kappa shape index (κ2) is 43.0. The summed E-state index contributed by atoms with van der Waals surface area (Å²) in [4.78, 5) is 9.37. The molecule has 0 radical (unpaired) electrons. The fraction of sp³-hybridized carbons (Fsp3) is 0.974. The van der Waals surface area contributed by atoms with E-state index in [4.69, 9.17) is 5.11 Å². The highest BCUT2D eigenvalue weighted by Crippen LogP contribution is 2.17. The first kappa shape index (κ1) is 43.9. The third-order valence-electron chi connectivity index (χ3n) is 8.59. The molecule has 0 bridgehead atoms. The van der Waals surface area contributed by atoms with Crippen LogP contribution in [-0.2, 0) is 4.79 Å². The van der Waals surface area contributed by atoms with E-state index in [2.05, 4.69) is 25.6 Å². The number of unbranched alkanes of at least 4 members (excludes halogenated alkanes) is 30. The summed E-state index contributed by atoms with van der Waals surface area (Å²) < 4.78 is 0. The minimum Gasteiger partial charge on any atom is -0.481 e. The SMILES string of the molecule is CCC(=O)O.CCCCCCCCCCCCCCCCCCSCCCCCCCCCCCCCCCCCC. The second-order valence-corrected chi connectivity index (χ2v) is 14.2. The Labute approximate surface area is 271 Å². The van der Waals surface area contributed by atoms with Crippen LogP contribution in [0.3, 0.4) is 0 Å². The molecule has 0 rings (SSSR count). The van der Waals surface area contributed by atoms with Crippen LogP contribution in [0, 0.1) is 0 Å². The Kier molecular flexibility index (Phi) is 44.9. The van der Waals surface area contributed by atoms with Crippen LogP contribution in [0.2, 0.25) is 0 Å². The maximum Gasteiger partial charge on any atom is 0.303 e. The Morgan fingerprint density at radius 1 is 0.357 bits per heavy atom. The van der Waals surface area contributed by atoms with E-state index >= 15 is 0 Å². The van der Waals surface area contributed by atoms with Gasteiger partial charge in [-0.25, -0.2) is 0 Å². The Morgan fingerprint density at radius 3 is 0.690 bits per heavy atom. The molecule has 0 saturated carbocycles. The summed E-state index contributed by atoms with van der Waals surface area (Å²) in [5.41, 5.74) is 0. The topological polar surface area (TPSA) is 37.3 Å². The fourth-order valence-corrected chi connectivity index (χ4v) is 6.63. The Bertz CT molecular complexity index is 433. The summed E-state index contributed by atoms with van der Waals surface area (Å²) in [6, 6.07) is 0. The van der Waals surface area contributed by atoms with Gasteiger partial charge >= 0.3 is 5.97 Å². The van der Waals surface area contributed by atoms with E-state index in [9.17, 15) is 4.79 Å². The zero-order chi connectivity index (χ0) is 31.0. The van der Waals surface area contributed by atoms with Gasteiger partial charge in [0.25, 0.3) is 0 Å². The molecule has 0 spiro atoms. The summed E-state index contributed by atoms with van der Waals surface area (Å²) in [6.45, 7) is 6.22. The summed E-state index contributed by atoms with van der Waals surface area (Å²) in [7, 11) is 0. The van der Waals surface area contributed by atoms with Crippen molar-refractivity contribution in [3.63, 3.8) is 0 Å². The summed E-state index contributed by atoms with van der Waals surface area (Å²) in [6.07, 6.45) is 47.4. The Hall–Kier alpha value is -0.180. The van der Waals surface area contributed by atoms with Crippen LogP contribution in [-0.4, -0.2) is 22.6 Å². The molecule has 0 amide bonds. The van der Waals surface area contributed by atoms with Gasteiger partial charge in [0.2, 0.25) is 0 Å². The molecule has 254 valence electrons. The van der Waals surface area contributed by atoms with Crippen LogP contribution in [0.25, 0.3) is 0 Å². The molecule has 0 aliphatic heterocycles. The van der Waals surface area contributed by atoms with E-state index in [1.165, 1.54) is 217 Å². The fourth-order valence-electron chi connectivity index (χ4n) is 5.61. The first-order valence-corrected chi connectivity index (χ1v) is 20.6. The van der Waals surface area contributed by atoms with Gasteiger partial charge in [-0.15, -0.1) is 0 Å². The molecule has 0 atom stereocenters. The maximum absolute atomic E-state index is 9.37. The van der Waals surface area contributed by atoms with Gasteiger partial charge in [-0.1, -0.05) is 213 Å². The van der Waals surface area contributed by atoms with Crippen molar-refractivity contribution in [2.24, 2.45) is 0 Å². The Balaban J connectivity index is 0. The van der Waals surface area contributed by atoms with E-state index < -0.39 is 5.97 Å². The normalized spacial score (nSPS) is 11.0. The molecule has 0 fully saturated rings. The van der Waals surface area contributed by atoms with Gasteiger partial charge in [-0.3, -0.25) is 4.79 Å². The number of hydrogen-bond donors (Lipinski definition) is 1. The minimum absolute atomic E-state index is 0.222. The lowest BCUT2D eigenvalue weighted by Crippen LogP contribution is -1.87. The van der Waals surface area contributed by atoms with E-state index in [0.29, 0.717) is 0 Å². The molecule has 0 aromatic rings. The number of carbonyl (C=O) groups is 1. The van der Waals surface area contributed by atoms with Crippen LogP contribution in [0.15, 0.2) is 0 Å². The van der Waals surface area contributed by atoms with Crippen molar-refractivity contribution >= 4 is 17.7 Å². The zero-order valence-electron chi connectivity index (χ0n) is 29.5. The molecule has 0 aliphatic rings. The molecule has 3 heteroatoms. The predicted molar refractivity (Wildman–Crippen MR) is 194 cm³/mol. The van der Waals surface area contributed by atoms with Crippen molar-refractivity contribution in [3.05, 3.63) is 0 Å². The zero-order valence-corrected chi connectivity index (χ0v) is 30.3. The van der Waals surface area contributed by atoms with Crippen molar-refractivity contribution in [2.75, 3.05) is 11.5 Å². The quantitative estimate of drug-likeness (QED) is 0.0723. The number of aliphatic carboxylic acids is 1. The molecular formula is C39H80O2S. The van der Waals surface area contributed by atoms with Gasteiger partial charge in [0.15, 0.2) is 0 Å². The second-order valence-electron chi connectivity index (χ2n) is 13.0. The summed E-state index contributed by atoms with van der Waals surface area (Å²) in [5, 5.41) is 7.72. The molecule has 1 N–H and O–H groups in total. The largest absolute Gasteiger partial charge is 0.481 e. The lowest BCUT2D eigenvalue weighted by molar-refractivity contribution is -0.136. The van der Waals surface area contributed by atoms with Gasteiger partial charge in [0.1, 0.15) is 0 Å². The lowest BCUT2D eigenvalue weighted by Gasteiger charge is -2.05. The predicted octanol–water partition coefficient (Wildman–Crippen LogP) is 14.7. The van der Waals surface area contributed by atoms with Crippen LogP contribution >= 0.6 is 11.8 Å². The third-order valence-corrected chi connectivity index (χ3v) is 9.74. The molecule has 0 aromatic heterocycles. The van der Waals surface area contributed by atoms with E-state index in [0.717, 1.165) is 0 Å². The molecule has 0 aliphatic carbocycles. The molecule has 2 nitrogen and oxygen atoms in total. The van der Waals surface area contributed by atoms with Crippen LogP contribution in [0.1, 0.15) is 233 Å². The molecule has 0 aromatic carbocycles. The average Bonchev–Trinajstić information content (AvgIpc) is 2.99. The monoisotopic (exact) mass is 613 g/mol. The number of rotatable bonds is 35. The third kappa shape index (κ3) is 46.8. The summed E-state index contributed by atoms with van der Waals surface area (Å²) in [5.74, 6) is 2.08. The van der Waals surface area contributed by atoms with Crippen LogP contribution in [0.4, 0.5) is 0 Å². The van der Waals surface area contributed by atoms with Crippen molar-refractivity contribution < 1.29 is 9.90 Å². The molecule has 0 saturated heterocycles. The molecule has 0 heterocycles. The number of carboxylic acids is 1. The van der Waals surface area contributed by atoms with Crippen molar-refractivity contribution in [2.45, 2.75) is 233 Å². The Morgan fingerprint density at radius 2 is 0.524 bits per heavy atom. The van der Waals surface area contributed by atoms with Gasteiger partial charge in [-0.2, -0.15) is 11.8 Å². The van der Waals surface area contributed by atoms with Gasteiger partial charge in [-0.05, 0) is 24.3 Å². The molecular weight excluding hydrogens is 532 g/mol. The molecule has 42 heavy (non-hydrogen) atoms. The maximum atomic E-state index is 9.37. The summed E-state index contributed by atoms with van der Waals surface area (Å²) >= 11 is 2.23. The van der Waals surface area contributed by atoms with Gasteiger partial charge in [0, 0.05) is 6.42 Å². The van der Waals surface area contributed by atoms with Crippen LogP contribution in [0.5, 0.6) is 0 Å². The molecule has 0 unspecified atom stereocenters. The van der Waals surface area contributed by atoms with Gasteiger partial charge < -0.3 is 5.11 Å². The number of hydrogen-bond acceptors (Lipinski definition) is 2. The average molecular weight is 613 g/mol. The highest BCUT2D eigenvalue weighted by molar-refractivity contribution is 7.99. The van der Waals surface area contributed by atoms with Crippen molar-refractivity contribution in [1.29, 1.82) is 0 Å². The van der Waals surface area contributed by atoms with Gasteiger partial charge in [0.05, 0.1) is 0 Å². The number of carboxylic acid groups (broad SMARTS) is 1. The van der Waals surface area contributed by atoms with E-state index in [-0.39, 0.29) is 6.42 Å². The van der Waals surface area contributed by atoms with Crippen molar-refractivity contribution in [3.8, 4) is 0 Å². The highest BCUT2D eigenvalue weighted by Gasteiger charge is 1.97. The first-order chi connectivity index (χ1) is 20.7.